The number of esters is 1. The molecule has 2 saturated heterocycles. The van der Waals surface area contributed by atoms with Gasteiger partial charge in [0.15, 0.2) is 0 Å². The summed E-state index contributed by atoms with van der Waals surface area (Å²) < 4.78 is 4.93. The lowest BCUT2D eigenvalue weighted by atomic mass is 9.80. The molecule has 0 saturated carbocycles. The molecule has 2 amide bonds. The fourth-order valence-electron chi connectivity index (χ4n) is 4.04. The lowest BCUT2D eigenvalue weighted by Crippen LogP contribution is -2.97. The third kappa shape index (κ3) is 2.24. The summed E-state index contributed by atoms with van der Waals surface area (Å²) in [4.78, 5) is 39.2. The van der Waals surface area contributed by atoms with E-state index in [1.807, 2.05) is 12.1 Å². The summed E-state index contributed by atoms with van der Waals surface area (Å²) in [5.41, 5.74) is -0.262. The standard InChI is InChI=1S/C17H19ClN2O4/c1-4-20-14(21)11-12(15(20)22)17(2,16(23)24-3)19-13(11)9-5-7-10(18)8-6-9/h5-8,11-13,19H,4H2,1-3H3/p+1/t11-,12-,13+,17+/m0/s1. The molecular weight excluding hydrogens is 332 g/mol. The first-order chi connectivity index (χ1) is 11.3. The van der Waals surface area contributed by atoms with Gasteiger partial charge in [-0.3, -0.25) is 14.5 Å². The van der Waals surface area contributed by atoms with Gasteiger partial charge in [0.25, 0.3) is 0 Å². The molecule has 3 rings (SSSR count). The largest absolute Gasteiger partial charge is 0.464 e. The number of carbonyl (C=O) groups is 3. The Hall–Kier alpha value is -1.92. The molecule has 1 aromatic rings. The van der Waals surface area contributed by atoms with E-state index in [-0.39, 0.29) is 17.9 Å². The molecule has 2 aliphatic heterocycles. The van der Waals surface area contributed by atoms with Crippen LogP contribution in [-0.2, 0) is 19.1 Å². The monoisotopic (exact) mass is 351 g/mol. The molecule has 0 spiro atoms. The highest BCUT2D eigenvalue weighted by Gasteiger charge is 2.70. The molecule has 24 heavy (non-hydrogen) atoms. The van der Waals surface area contributed by atoms with Crippen LogP contribution in [0.25, 0.3) is 0 Å². The summed E-state index contributed by atoms with van der Waals surface area (Å²) in [6.45, 7) is 3.74. The van der Waals surface area contributed by atoms with E-state index >= 15 is 0 Å². The zero-order chi connectivity index (χ0) is 17.6. The van der Waals surface area contributed by atoms with E-state index in [0.717, 1.165) is 5.56 Å². The number of hydrogen-bond acceptors (Lipinski definition) is 4. The number of amides is 2. The third-order valence-corrected chi connectivity index (χ3v) is 5.45. The molecule has 0 unspecified atom stereocenters. The second-order valence-electron chi connectivity index (χ2n) is 6.44. The Balaban J connectivity index is 2.09. The van der Waals surface area contributed by atoms with E-state index in [1.165, 1.54) is 12.0 Å². The van der Waals surface area contributed by atoms with Crippen LogP contribution in [0.2, 0.25) is 5.02 Å². The summed E-state index contributed by atoms with van der Waals surface area (Å²) in [6, 6.07) is 6.81. The van der Waals surface area contributed by atoms with Gasteiger partial charge in [0, 0.05) is 24.1 Å². The molecule has 2 aliphatic rings. The first-order valence-corrected chi connectivity index (χ1v) is 8.28. The van der Waals surface area contributed by atoms with Crippen molar-refractivity contribution < 1.29 is 24.4 Å². The molecule has 7 heteroatoms. The number of fused-ring (bicyclic) bond motifs is 1. The average molecular weight is 352 g/mol. The summed E-state index contributed by atoms with van der Waals surface area (Å²) in [6.07, 6.45) is 0. The Kier molecular flexibility index (Phi) is 4.13. The van der Waals surface area contributed by atoms with E-state index in [0.29, 0.717) is 11.6 Å². The van der Waals surface area contributed by atoms with Crippen molar-refractivity contribution in [1.82, 2.24) is 4.90 Å². The van der Waals surface area contributed by atoms with E-state index in [2.05, 4.69) is 0 Å². The van der Waals surface area contributed by atoms with Crippen molar-refractivity contribution in [3.05, 3.63) is 34.9 Å². The molecule has 0 radical (unpaired) electrons. The van der Waals surface area contributed by atoms with Gasteiger partial charge in [0.05, 0.1) is 7.11 Å². The van der Waals surface area contributed by atoms with Crippen LogP contribution >= 0.6 is 11.6 Å². The Bertz CT molecular complexity index is 705. The Morgan fingerprint density at radius 1 is 1.29 bits per heavy atom. The third-order valence-electron chi connectivity index (χ3n) is 5.20. The van der Waals surface area contributed by atoms with Crippen LogP contribution in [0.5, 0.6) is 0 Å². The highest BCUT2D eigenvalue weighted by molar-refractivity contribution is 6.30. The number of halogens is 1. The smallest absolute Gasteiger partial charge is 0.368 e. The van der Waals surface area contributed by atoms with E-state index in [4.69, 9.17) is 16.3 Å². The predicted octanol–water partition coefficient (Wildman–Crippen LogP) is 0.511. The second-order valence-corrected chi connectivity index (χ2v) is 6.88. The molecule has 2 fully saturated rings. The topological polar surface area (TPSA) is 80.3 Å². The van der Waals surface area contributed by atoms with Gasteiger partial charge in [-0.1, -0.05) is 23.7 Å². The summed E-state index contributed by atoms with van der Waals surface area (Å²) in [5, 5.41) is 2.38. The number of likely N-dealkylation sites (tertiary alicyclic amines) is 1. The maximum atomic E-state index is 12.8. The van der Waals surface area contributed by atoms with Crippen molar-refractivity contribution in [2.24, 2.45) is 11.8 Å². The summed E-state index contributed by atoms with van der Waals surface area (Å²) >= 11 is 5.94. The Morgan fingerprint density at radius 3 is 2.46 bits per heavy atom. The number of methoxy groups -OCH3 is 1. The lowest BCUT2D eigenvalue weighted by Gasteiger charge is -2.25. The van der Waals surface area contributed by atoms with Crippen LogP contribution < -0.4 is 5.32 Å². The molecule has 2 heterocycles. The average Bonchev–Trinajstić information content (AvgIpc) is 3.02. The van der Waals surface area contributed by atoms with Crippen molar-refractivity contribution >= 4 is 29.4 Å². The molecule has 1 aromatic carbocycles. The van der Waals surface area contributed by atoms with E-state index in [1.54, 1.807) is 31.3 Å². The van der Waals surface area contributed by atoms with Gasteiger partial charge in [-0.25, -0.2) is 4.79 Å². The van der Waals surface area contributed by atoms with Crippen molar-refractivity contribution in [3.63, 3.8) is 0 Å². The predicted molar refractivity (Wildman–Crippen MR) is 85.9 cm³/mol. The zero-order valence-electron chi connectivity index (χ0n) is 13.8. The lowest BCUT2D eigenvalue weighted by molar-refractivity contribution is -0.731. The Labute approximate surface area is 145 Å². The van der Waals surface area contributed by atoms with Gasteiger partial charge in [-0.05, 0) is 19.1 Å². The maximum absolute atomic E-state index is 12.8. The molecule has 0 aliphatic carbocycles. The highest BCUT2D eigenvalue weighted by atomic mass is 35.5. The SMILES string of the molecule is CCN1C(=O)[C@@H]2[C@@H](c3ccc(Cl)cc3)[NH2+][C@@](C)(C(=O)OC)[C@@H]2C1=O. The van der Waals surface area contributed by atoms with Crippen molar-refractivity contribution in [1.29, 1.82) is 0 Å². The fraction of sp³-hybridized carbons (Fsp3) is 0.471. The van der Waals surface area contributed by atoms with E-state index in [9.17, 15) is 14.4 Å². The first kappa shape index (κ1) is 16.9. The fourth-order valence-corrected chi connectivity index (χ4v) is 4.16. The van der Waals surface area contributed by atoms with Gasteiger partial charge in [0.2, 0.25) is 17.4 Å². The number of nitrogens with two attached hydrogens (primary N) is 1. The zero-order valence-corrected chi connectivity index (χ0v) is 14.5. The first-order valence-electron chi connectivity index (χ1n) is 7.90. The number of imide groups is 1. The number of carbonyl (C=O) groups excluding carboxylic acids is 3. The minimum absolute atomic E-state index is 0.226. The molecule has 2 N–H and O–H groups in total. The van der Waals surface area contributed by atoms with Gasteiger partial charge in [-0.2, -0.15) is 0 Å². The number of rotatable bonds is 3. The normalized spacial score (nSPS) is 32.2. The number of benzene rings is 1. The van der Waals surface area contributed by atoms with Crippen molar-refractivity contribution in [3.8, 4) is 0 Å². The van der Waals surface area contributed by atoms with Crippen molar-refractivity contribution in [2.75, 3.05) is 13.7 Å². The van der Waals surface area contributed by atoms with Gasteiger partial charge < -0.3 is 10.1 Å². The second kappa shape index (κ2) is 5.86. The Morgan fingerprint density at radius 2 is 1.92 bits per heavy atom. The van der Waals surface area contributed by atoms with Crippen LogP contribution in [0.4, 0.5) is 0 Å². The number of ether oxygens (including phenoxy) is 1. The molecule has 6 nitrogen and oxygen atoms in total. The van der Waals surface area contributed by atoms with Gasteiger partial charge >= 0.3 is 5.97 Å². The van der Waals surface area contributed by atoms with Gasteiger partial charge in [0.1, 0.15) is 17.9 Å². The minimum atomic E-state index is -1.12. The molecule has 0 aromatic heterocycles. The van der Waals surface area contributed by atoms with Crippen LogP contribution in [-0.4, -0.2) is 41.9 Å². The number of quaternary nitrogens is 1. The van der Waals surface area contributed by atoms with E-state index < -0.39 is 23.3 Å². The summed E-state index contributed by atoms with van der Waals surface area (Å²) in [5.74, 6) is -2.32. The molecule has 4 atom stereocenters. The number of nitrogens with zero attached hydrogens (tertiary/aromatic N) is 1. The van der Waals surface area contributed by atoms with Crippen LogP contribution in [0.3, 0.4) is 0 Å². The number of hydrogen-bond donors (Lipinski definition) is 1. The maximum Gasteiger partial charge on any atom is 0.368 e. The quantitative estimate of drug-likeness (QED) is 0.635. The van der Waals surface area contributed by atoms with Crippen LogP contribution in [0, 0.1) is 11.8 Å². The highest BCUT2D eigenvalue weighted by Crippen LogP contribution is 2.44. The molecular formula is C17H20ClN2O4+. The van der Waals surface area contributed by atoms with Crippen LogP contribution in [0.15, 0.2) is 24.3 Å². The molecule has 128 valence electrons. The molecule has 0 bridgehead atoms. The van der Waals surface area contributed by atoms with Crippen molar-refractivity contribution in [2.45, 2.75) is 25.4 Å². The van der Waals surface area contributed by atoms with Crippen LogP contribution in [0.1, 0.15) is 25.5 Å². The van der Waals surface area contributed by atoms with Gasteiger partial charge in [-0.15, -0.1) is 0 Å². The minimum Gasteiger partial charge on any atom is -0.464 e. The summed E-state index contributed by atoms with van der Waals surface area (Å²) in [7, 11) is 1.30.